The third-order valence-corrected chi connectivity index (χ3v) is 5.25. The summed E-state index contributed by atoms with van der Waals surface area (Å²) in [5.74, 6) is -1.08. The lowest BCUT2D eigenvalue weighted by Crippen LogP contribution is -2.34. The maximum absolute atomic E-state index is 13.4. The molecule has 0 aliphatic heterocycles. The van der Waals surface area contributed by atoms with Crippen LogP contribution in [0.25, 0.3) is 10.9 Å². The number of carbonyl (C=O) groups excluding carboxylic acids is 2. The van der Waals surface area contributed by atoms with Gasteiger partial charge in [0, 0.05) is 35.1 Å². The standard InChI is InChI=1S/C23H20F3N3O3/c24-23(25,26)13-27-21(31)15-7-5-14(6-8-15)12-29(16-9-10-16)22(32)18-11-20(30)28-19-4-2-1-3-17(18)19/h1-8,11,16H,9-10,12-13H2,(H,27,31)(H,28,30). The second-order valence-corrected chi connectivity index (χ2v) is 7.75. The molecule has 1 aromatic heterocycles. The molecule has 2 amide bonds. The average molecular weight is 443 g/mol. The molecule has 2 aromatic carbocycles. The van der Waals surface area contributed by atoms with E-state index >= 15 is 0 Å². The third kappa shape index (κ3) is 4.99. The fourth-order valence-corrected chi connectivity index (χ4v) is 3.53. The Morgan fingerprint density at radius 3 is 2.41 bits per heavy atom. The number of pyridine rings is 1. The lowest BCUT2D eigenvalue weighted by molar-refractivity contribution is -0.123. The van der Waals surface area contributed by atoms with Crippen LogP contribution in [0.4, 0.5) is 13.2 Å². The van der Waals surface area contributed by atoms with Crippen molar-refractivity contribution in [1.29, 1.82) is 0 Å². The quantitative estimate of drug-likeness (QED) is 0.611. The molecule has 166 valence electrons. The molecule has 4 rings (SSSR count). The first-order valence-corrected chi connectivity index (χ1v) is 10.1. The number of rotatable bonds is 6. The van der Waals surface area contributed by atoms with E-state index in [1.165, 1.54) is 18.2 Å². The molecule has 9 heteroatoms. The summed E-state index contributed by atoms with van der Waals surface area (Å²) in [6.07, 6.45) is -2.78. The number of nitrogens with one attached hydrogen (secondary N) is 2. The summed E-state index contributed by atoms with van der Waals surface area (Å²) >= 11 is 0. The van der Waals surface area contributed by atoms with Crippen molar-refractivity contribution in [2.45, 2.75) is 31.6 Å². The summed E-state index contributed by atoms with van der Waals surface area (Å²) in [5, 5.41) is 2.48. The molecule has 32 heavy (non-hydrogen) atoms. The van der Waals surface area contributed by atoms with Crippen LogP contribution < -0.4 is 10.9 Å². The van der Waals surface area contributed by atoms with Crippen molar-refractivity contribution in [3.8, 4) is 0 Å². The lowest BCUT2D eigenvalue weighted by Gasteiger charge is -2.23. The normalized spacial score (nSPS) is 13.7. The SMILES string of the molecule is O=C(NCC(F)(F)F)c1ccc(CN(C(=O)c2cc(=O)[nH]c3ccccc23)C2CC2)cc1. The van der Waals surface area contributed by atoms with E-state index in [1.54, 1.807) is 41.3 Å². The minimum atomic E-state index is -4.48. The van der Waals surface area contributed by atoms with Crippen molar-refractivity contribution in [1.82, 2.24) is 15.2 Å². The van der Waals surface area contributed by atoms with Gasteiger partial charge in [0.1, 0.15) is 6.54 Å². The molecule has 2 N–H and O–H groups in total. The number of amides is 2. The molecule has 0 atom stereocenters. The van der Waals surface area contributed by atoms with Gasteiger partial charge in [-0.15, -0.1) is 0 Å². The highest BCUT2D eigenvalue weighted by atomic mass is 19.4. The van der Waals surface area contributed by atoms with Crippen LogP contribution in [0, 0.1) is 0 Å². The summed E-state index contributed by atoms with van der Waals surface area (Å²) in [6.45, 7) is -1.14. The van der Waals surface area contributed by atoms with Crippen LogP contribution in [0.5, 0.6) is 0 Å². The first kappa shape index (κ1) is 21.6. The number of aromatic nitrogens is 1. The molecular weight excluding hydrogens is 423 g/mol. The number of alkyl halides is 3. The number of carbonyl (C=O) groups is 2. The Morgan fingerprint density at radius 2 is 1.75 bits per heavy atom. The molecule has 0 radical (unpaired) electrons. The number of fused-ring (bicyclic) bond motifs is 1. The molecular formula is C23H20F3N3O3. The molecule has 3 aromatic rings. The summed E-state index contributed by atoms with van der Waals surface area (Å²) in [6, 6.07) is 14.5. The van der Waals surface area contributed by atoms with Gasteiger partial charge in [0.05, 0.1) is 5.56 Å². The van der Waals surface area contributed by atoms with Crippen LogP contribution in [0.3, 0.4) is 0 Å². The second kappa shape index (κ2) is 8.49. The van der Waals surface area contributed by atoms with E-state index in [9.17, 15) is 27.6 Å². The zero-order valence-corrected chi connectivity index (χ0v) is 16.9. The molecule has 1 aliphatic rings. The van der Waals surface area contributed by atoms with Crippen LogP contribution in [-0.2, 0) is 6.54 Å². The van der Waals surface area contributed by atoms with Gasteiger partial charge in [-0.25, -0.2) is 0 Å². The van der Waals surface area contributed by atoms with Crippen LogP contribution in [0.15, 0.2) is 59.4 Å². The Morgan fingerprint density at radius 1 is 1.06 bits per heavy atom. The predicted octanol–water partition coefficient (Wildman–Crippen LogP) is 3.63. The molecule has 0 bridgehead atoms. The highest BCUT2D eigenvalue weighted by molar-refractivity contribution is 6.06. The van der Waals surface area contributed by atoms with Gasteiger partial charge in [-0.05, 0) is 36.6 Å². The predicted molar refractivity (Wildman–Crippen MR) is 112 cm³/mol. The monoisotopic (exact) mass is 443 g/mol. The van der Waals surface area contributed by atoms with Crippen LogP contribution in [0.2, 0.25) is 0 Å². The van der Waals surface area contributed by atoms with E-state index in [-0.39, 0.29) is 29.6 Å². The van der Waals surface area contributed by atoms with E-state index in [0.29, 0.717) is 16.5 Å². The lowest BCUT2D eigenvalue weighted by atomic mass is 10.1. The van der Waals surface area contributed by atoms with Gasteiger partial charge in [-0.3, -0.25) is 14.4 Å². The smallest absolute Gasteiger partial charge is 0.343 e. The Hall–Kier alpha value is -3.62. The highest BCUT2D eigenvalue weighted by Gasteiger charge is 2.34. The number of halogens is 3. The largest absolute Gasteiger partial charge is 0.405 e. The number of H-pyrrole nitrogens is 1. The fourth-order valence-electron chi connectivity index (χ4n) is 3.53. The minimum absolute atomic E-state index is 0.0512. The van der Waals surface area contributed by atoms with Gasteiger partial charge in [-0.2, -0.15) is 13.2 Å². The Bertz CT molecular complexity index is 1210. The molecule has 1 aliphatic carbocycles. The first-order chi connectivity index (χ1) is 15.2. The fraction of sp³-hybridized carbons (Fsp3) is 0.261. The van der Waals surface area contributed by atoms with Gasteiger partial charge in [0.25, 0.3) is 11.8 Å². The number of benzene rings is 2. The van der Waals surface area contributed by atoms with Crippen LogP contribution >= 0.6 is 0 Å². The van der Waals surface area contributed by atoms with E-state index in [1.807, 2.05) is 5.32 Å². The van der Waals surface area contributed by atoms with Crippen molar-refractivity contribution >= 4 is 22.7 Å². The average Bonchev–Trinajstić information content (AvgIpc) is 3.60. The van der Waals surface area contributed by atoms with E-state index in [2.05, 4.69) is 4.98 Å². The number of para-hydroxylation sites is 1. The molecule has 1 fully saturated rings. The zero-order valence-electron chi connectivity index (χ0n) is 16.9. The summed E-state index contributed by atoms with van der Waals surface area (Å²) in [4.78, 5) is 41.7. The molecule has 0 spiro atoms. The van der Waals surface area contributed by atoms with Crippen molar-refractivity contribution in [3.05, 3.63) is 81.6 Å². The Kier molecular flexibility index (Phi) is 5.73. The first-order valence-electron chi connectivity index (χ1n) is 10.1. The number of hydrogen-bond donors (Lipinski definition) is 2. The van der Waals surface area contributed by atoms with Gasteiger partial charge >= 0.3 is 6.18 Å². The van der Waals surface area contributed by atoms with Gasteiger partial charge < -0.3 is 15.2 Å². The number of nitrogens with zero attached hydrogens (tertiary/aromatic N) is 1. The minimum Gasteiger partial charge on any atom is -0.343 e. The van der Waals surface area contributed by atoms with Crippen molar-refractivity contribution < 1.29 is 22.8 Å². The van der Waals surface area contributed by atoms with Crippen molar-refractivity contribution in [2.24, 2.45) is 0 Å². The highest BCUT2D eigenvalue weighted by Crippen LogP contribution is 2.31. The van der Waals surface area contributed by atoms with Crippen LogP contribution in [0.1, 0.15) is 39.1 Å². The summed E-state index contributed by atoms with van der Waals surface area (Å²) < 4.78 is 36.9. The Balaban J connectivity index is 1.53. The maximum atomic E-state index is 13.4. The van der Waals surface area contributed by atoms with E-state index < -0.39 is 18.6 Å². The summed E-state index contributed by atoms with van der Waals surface area (Å²) in [5.41, 5.74) is 1.36. The summed E-state index contributed by atoms with van der Waals surface area (Å²) in [7, 11) is 0. The zero-order chi connectivity index (χ0) is 22.9. The van der Waals surface area contributed by atoms with Crippen molar-refractivity contribution in [3.63, 3.8) is 0 Å². The van der Waals surface area contributed by atoms with Crippen molar-refractivity contribution in [2.75, 3.05) is 6.54 Å². The van der Waals surface area contributed by atoms with Gasteiger partial charge in [0.2, 0.25) is 5.56 Å². The third-order valence-electron chi connectivity index (χ3n) is 5.25. The second-order valence-electron chi connectivity index (χ2n) is 7.75. The number of hydrogen-bond acceptors (Lipinski definition) is 3. The van der Waals surface area contributed by atoms with Gasteiger partial charge in [0.15, 0.2) is 0 Å². The molecule has 1 heterocycles. The van der Waals surface area contributed by atoms with Gasteiger partial charge in [-0.1, -0.05) is 30.3 Å². The molecule has 6 nitrogen and oxygen atoms in total. The van der Waals surface area contributed by atoms with Crippen LogP contribution in [-0.4, -0.2) is 40.5 Å². The number of aromatic amines is 1. The maximum Gasteiger partial charge on any atom is 0.405 e. The topological polar surface area (TPSA) is 82.3 Å². The molecule has 0 unspecified atom stereocenters. The van der Waals surface area contributed by atoms with E-state index in [0.717, 1.165) is 18.4 Å². The Labute approximate surface area is 181 Å². The molecule has 0 saturated heterocycles. The van der Waals surface area contributed by atoms with E-state index in [4.69, 9.17) is 0 Å². The molecule has 1 saturated carbocycles.